The number of nitrogens with zero attached hydrogens (tertiary/aromatic N) is 1. The van der Waals surface area contributed by atoms with Crippen molar-refractivity contribution in [3.8, 4) is 11.8 Å². The summed E-state index contributed by atoms with van der Waals surface area (Å²) in [5, 5.41) is 11.3. The fourth-order valence-electron chi connectivity index (χ4n) is 1.33. The molecule has 0 saturated heterocycles. The molecule has 0 spiro atoms. The third-order valence-corrected chi connectivity index (χ3v) is 2.11. The zero-order valence-electron chi connectivity index (χ0n) is 9.86. The first-order valence-corrected chi connectivity index (χ1v) is 5.28. The van der Waals surface area contributed by atoms with Crippen LogP contribution in [0.2, 0.25) is 0 Å². The normalized spacial score (nSPS) is 10.5. The Balaban J connectivity index is 3.12. The number of rotatable bonds is 4. The van der Waals surface area contributed by atoms with E-state index in [1.165, 1.54) is 13.1 Å². The average Bonchev–Trinajstić information content (AvgIpc) is 2.37. The molecule has 4 heteroatoms. The standard InChI is InChI=1S/C13H14N2O2/c1-3-17-12-7-5-4-6-10(12)8-11(9-14)13(16)15-2/h4-8H,3H2,1-2H3,(H,15,16)/b11-8+. The van der Waals surface area contributed by atoms with Gasteiger partial charge in [0.2, 0.25) is 0 Å². The highest BCUT2D eigenvalue weighted by atomic mass is 16.5. The lowest BCUT2D eigenvalue weighted by Crippen LogP contribution is -2.19. The Bertz CT molecular complexity index is 473. The van der Waals surface area contributed by atoms with E-state index in [0.717, 1.165) is 5.56 Å². The number of nitrogens with one attached hydrogen (secondary N) is 1. The number of nitriles is 1. The molecular formula is C13H14N2O2. The molecule has 1 aromatic rings. The largest absolute Gasteiger partial charge is 0.493 e. The number of likely N-dealkylation sites (N-methyl/N-ethyl adjacent to an activating group) is 1. The lowest BCUT2D eigenvalue weighted by atomic mass is 10.1. The predicted octanol–water partition coefficient (Wildman–Crippen LogP) is 1.74. The molecule has 0 unspecified atom stereocenters. The molecule has 1 N–H and O–H groups in total. The molecule has 0 aliphatic rings. The summed E-state index contributed by atoms with van der Waals surface area (Å²) in [7, 11) is 1.49. The summed E-state index contributed by atoms with van der Waals surface area (Å²) in [5.41, 5.74) is 0.772. The van der Waals surface area contributed by atoms with Crippen molar-refractivity contribution in [1.29, 1.82) is 5.26 Å². The molecule has 0 atom stereocenters. The monoisotopic (exact) mass is 230 g/mol. The highest BCUT2D eigenvalue weighted by Crippen LogP contribution is 2.20. The smallest absolute Gasteiger partial charge is 0.261 e. The summed E-state index contributed by atoms with van der Waals surface area (Å²) in [6.45, 7) is 2.41. The van der Waals surface area contributed by atoms with Gasteiger partial charge in [0.1, 0.15) is 17.4 Å². The van der Waals surface area contributed by atoms with Gasteiger partial charge in [-0.15, -0.1) is 0 Å². The van der Waals surface area contributed by atoms with Crippen LogP contribution in [0.25, 0.3) is 6.08 Å². The maximum Gasteiger partial charge on any atom is 0.261 e. The molecule has 0 saturated carbocycles. The van der Waals surface area contributed by atoms with Gasteiger partial charge in [-0.05, 0) is 19.1 Å². The Morgan fingerprint density at radius 1 is 1.53 bits per heavy atom. The molecule has 0 bridgehead atoms. The molecule has 0 radical (unpaired) electrons. The van der Waals surface area contributed by atoms with Crippen molar-refractivity contribution in [1.82, 2.24) is 5.32 Å². The van der Waals surface area contributed by atoms with E-state index in [9.17, 15) is 4.79 Å². The van der Waals surface area contributed by atoms with E-state index in [4.69, 9.17) is 10.00 Å². The van der Waals surface area contributed by atoms with Crippen molar-refractivity contribution < 1.29 is 9.53 Å². The number of amides is 1. The Morgan fingerprint density at radius 2 is 2.24 bits per heavy atom. The third-order valence-electron chi connectivity index (χ3n) is 2.11. The maximum atomic E-state index is 11.4. The molecule has 88 valence electrons. The minimum absolute atomic E-state index is 0.0552. The molecule has 0 aliphatic carbocycles. The van der Waals surface area contributed by atoms with Crippen LogP contribution in [0.4, 0.5) is 0 Å². The highest BCUT2D eigenvalue weighted by molar-refractivity contribution is 6.01. The number of ether oxygens (including phenoxy) is 1. The molecule has 1 amide bonds. The number of hydrogen-bond donors (Lipinski definition) is 1. The van der Waals surface area contributed by atoms with Crippen LogP contribution in [-0.2, 0) is 4.79 Å². The van der Waals surface area contributed by atoms with Crippen LogP contribution < -0.4 is 10.1 Å². The maximum absolute atomic E-state index is 11.4. The highest BCUT2D eigenvalue weighted by Gasteiger charge is 2.08. The van der Waals surface area contributed by atoms with Crippen LogP contribution in [0.3, 0.4) is 0 Å². The Kier molecular flexibility index (Phi) is 4.77. The Hall–Kier alpha value is -2.28. The van der Waals surface area contributed by atoms with E-state index < -0.39 is 5.91 Å². The zero-order valence-corrected chi connectivity index (χ0v) is 9.86. The number of para-hydroxylation sites is 1. The van der Waals surface area contributed by atoms with Crippen LogP contribution in [-0.4, -0.2) is 19.6 Å². The van der Waals surface area contributed by atoms with Crippen LogP contribution >= 0.6 is 0 Å². The second-order valence-corrected chi connectivity index (χ2v) is 3.22. The summed E-state index contributed by atoms with van der Waals surface area (Å²) >= 11 is 0. The van der Waals surface area contributed by atoms with Gasteiger partial charge < -0.3 is 10.1 Å². The molecule has 1 rings (SSSR count). The quantitative estimate of drug-likeness (QED) is 0.633. The molecule has 0 aromatic heterocycles. The minimum atomic E-state index is -0.404. The van der Waals surface area contributed by atoms with Crippen molar-refractivity contribution in [2.24, 2.45) is 0 Å². The first-order chi connectivity index (χ1) is 8.22. The predicted molar refractivity (Wildman–Crippen MR) is 65.3 cm³/mol. The van der Waals surface area contributed by atoms with Crippen molar-refractivity contribution in [3.63, 3.8) is 0 Å². The summed E-state index contributed by atoms with van der Waals surface area (Å²) < 4.78 is 5.41. The molecule has 0 heterocycles. The first-order valence-electron chi connectivity index (χ1n) is 5.28. The van der Waals surface area contributed by atoms with Gasteiger partial charge in [0.25, 0.3) is 5.91 Å². The van der Waals surface area contributed by atoms with Gasteiger partial charge in [0, 0.05) is 12.6 Å². The summed E-state index contributed by atoms with van der Waals surface area (Å²) in [4.78, 5) is 11.4. The summed E-state index contributed by atoms with van der Waals surface area (Å²) in [6.07, 6.45) is 1.52. The van der Waals surface area contributed by atoms with Crippen LogP contribution in [0.15, 0.2) is 29.8 Å². The molecule has 0 fully saturated rings. The van der Waals surface area contributed by atoms with Crippen molar-refractivity contribution >= 4 is 12.0 Å². The Morgan fingerprint density at radius 3 is 2.82 bits per heavy atom. The number of carbonyl (C=O) groups excluding carboxylic acids is 1. The third kappa shape index (κ3) is 3.35. The van der Waals surface area contributed by atoms with Crippen molar-refractivity contribution in [3.05, 3.63) is 35.4 Å². The lowest BCUT2D eigenvalue weighted by molar-refractivity contribution is -0.116. The van der Waals surface area contributed by atoms with Gasteiger partial charge in [-0.3, -0.25) is 4.79 Å². The van der Waals surface area contributed by atoms with E-state index in [-0.39, 0.29) is 5.57 Å². The van der Waals surface area contributed by atoms with Crippen LogP contribution in [0, 0.1) is 11.3 Å². The molecular weight excluding hydrogens is 216 g/mol. The van der Waals surface area contributed by atoms with E-state index in [1.807, 2.05) is 25.1 Å². The van der Waals surface area contributed by atoms with Gasteiger partial charge in [-0.1, -0.05) is 18.2 Å². The van der Waals surface area contributed by atoms with E-state index >= 15 is 0 Å². The second-order valence-electron chi connectivity index (χ2n) is 3.22. The average molecular weight is 230 g/mol. The minimum Gasteiger partial charge on any atom is -0.493 e. The van der Waals surface area contributed by atoms with E-state index in [2.05, 4.69) is 5.32 Å². The number of carbonyl (C=O) groups is 1. The second kappa shape index (κ2) is 6.33. The van der Waals surface area contributed by atoms with Crippen molar-refractivity contribution in [2.45, 2.75) is 6.92 Å². The van der Waals surface area contributed by atoms with Crippen molar-refractivity contribution in [2.75, 3.05) is 13.7 Å². The fourth-order valence-corrected chi connectivity index (χ4v) is 1.33. The van der Waals surface area contributed by atoms with Gasteiger partial charge in [-0.2, -0.15) is 5.26 Å². The first kappa shape index (κ1) is 12.8. The van der Waals surface area contributed by atoms with E-state index in [0.29, 0.717) is 12.4 Å². The fraction of sp³-hybridized carbons (Fsp3) is 0.231. The number of benzene rings is 1. The molecule has 1 aromatic carbocycles. The molecule has 17 heavy (non-hydrogen) atoms. The SMILES string of the molecule is CCOc1ccccc1/C=C(\C#N)C(=O)NC. The molecule has 0 aliphatic heterocycles. The van der Waals surface area contributed by atoms with E-state index in [1.54, 1.807) is 12.1 Å². The molecule has 4 nitrogen and oxygen atoms in total. The zero-order chi connectivity index (χ0) is 12.7. The lowest BCUT2D eigenvalue weighted by Gasteiger charge is -2.06. The van der Waals surface area contributed by atoms with Crippen LogP contribution in [0.1, 0.15) is 12.5 Å². The van der Waals surface area contributed by atoms with Gasteiger partial charge in [0.15, 0.2) is 0 Å². The number of hydrogen-bond acceptors (Lipinski definition) is 3. The Labute approximate surface area is 101 Å². The summed E-state index contributed by atoms with van der Waals surface area (Å²) in [5.74, 6) is 0.255. The van der Waals surface area contributed by atoms with Gasteiger partial charge in [-0.25, -0.2) is 0 Å². The summed E-state index contributed by atoms with van der Waals surface area (Å²) in [6, 6.07) is 9.13. The van der Waals surface area contributed by atoms with Gasteiger partial charge in [0.05, 0.1) is 6.61 Å². The van der Waals surface area contributed by atoms with Crippen LogP contribution in [0.5, 0.6) is 5.75 Å². The topological polar surface area (TPSA) is 62.1 Å². The van der Waals surface area contributed by atoms with Gasteiger partial charge >= 0.3 is 0 Å².